The maximum atomic E-state index is 13.8. The zero-order valence-corrected chi connectivity index (χ0v) is 13.3. The fourth-order valence-corrected chi connectivity index (χ4v) is 2.80. The lowest BCUT2D eigenvalue weighted by molar-refractivity contribution is -0.126. The molecule has 0 radical (unpaired) electrons. The molecule has 2 amide bonds. The van der Waals surface area contributed by atoms with Crippen LogP contribution in [0.25, 0.3) is 0 Å². The molecule has 1 aromatic rings. The summed E-state index contributed by atoms with van der Waals surface area (Å²) in [5.74, 6) is -2.90. The van der Waals surface area contributed by atoms with Crippen LogP contribution in [0.2, 0.25) is 0 Å². The normalized spacial score (nSPS) is 20.8. The van der Waals surface area contributed by atoms with E-state index >= 15 is 0 Å². The van der Waals surface area contributed by atoms with Crippen molar-refractivity contribution in [3.05, 3.63) is 35.4 Å². The van der Waals surface area contributed by atoms with Gasteiger partial charge in [-0.25, -0.2) is 8.78 Å². The molecular formula is C16H20F2N2O4. The van der Waals surface area contributed by atoms with Crippen molar-refractivity contribution in [2.45, 2.75) is 12.5 Å². The van der Waals surface area contributed by atoms with Gasteiger partial charge in [0.05, 0.1) is 5.56 Å². The lowest BCUT2D eigenvalue weighted by atomic mass is 9.92. The Morgan fingerprint density at radius 3 is 2.79 bits per heavy atom. The summed E-state index contributed by atoms with van der Waals surface area (Å²) in [6.45, 7) is 0.153. The number of piperidine rings is 1. The Kier molecular flexibility index (Phi) is 6.22. The molecule has 24 heavy (non-hydrogen) atoms. The Labute approximate surface area is 138 Å². The number of amides is 2. The van der Waals surface area contributed by atoms with Crippen molar-refractivity contribution in [1.29, 1.82) is 0 Å². The van der Waals surface area contributed by atoms with E-state index in [4.69, 9.17) is 4.74 Å². The molecule has 2 N–H and O–H groups in total. The second kappa shape index (κ2) is 8.16. The molecule has 0 bridgehead atoms. The molecule has 1 fully saturated rings. The van der Waals surface area contributed by atoms with Gasteiger partial charge in [0.1, 0.15) is 18.2 Å². The molecule has 2 atom stereocenters. The fourth-order valence-electron chi connectivity index (χ4n) is 2.80. The van der Waals surface area contributed by atoms with Crippen molar-refractivity contribution in [1.82, 2.24) is 10.2 Å². The van der Waals surface area contributed by atoms with Crippen molar-refractivity contribution in [2.24, 2.45) is 5.92 Å². The topological polar surface area (TPSA) is 78.9 Å². The van der Waals surface area contributed by atoms with Crippen LogP contribution in [0.4, 0.5) is 8.78 Å². The lowest BCUT2D eigenvalue weighted by Gasteiger charge is -2.38. The number of aliphatic hydroxyl groups excluding tert-OH is 1. The molecule has 2 rings (SSSR count). The fraction of sp³-hybridized carbons (Fsp3) is 0.500. The van der Waals surface area contributed by atoms with Crippen LogP contribution in [-0.4, -0.2) is 61.3 Å². The van der Waals surface area contributed by atoms with E-state index in [1.54, 1.807) is 0 Å². The highest BCUT2D eigenvalue weighted by molar-refractivity contribution is 5.94. The molecule has 1 aromatic carbocycles. The van der Waals surface area contributed by atoms with Crippen LogP contribution in [-0.2, 0) is 9.53 Å². The summed E-state index contributed by atoms with van der Waals surface area (Å²) in [6.07, 6.45) is 0.426. The van der Waals surface area contributed by atoms with E-state index in [9.17, 15) is 23.5 Å². The van der Waals surface area contributed by atoms with Gasteiger partial charge >= 0.3 is 0 Å². The summed E-state index contributed by atoms with van der Waals surface area (Å²) in [4.78, 5) is 25.4. The highest BCUT2D eigenvalue weighted by Crippen LogP contribution is 2.20. The minimum absolute atomic E-state index is 0.0852. The maximum Gasteiger partial charge on any atom is 0.256 e. The summed E-state index contributed by atoms with van der Waals surface area (Å²) >= 11 is 0. The second-order valence-corrected chi connectivity index (χ2v) is 5.71. The Morgan fingerprint density at radius 1 is 1.42 bits per heavy atom. The molecule has 0 aromatic heterocycles. The number of nitrogens with one attached hydrogen (secondary N) is 1. The van der Waals surface area contributed by atoms with E-state index in [2.05, 4.69) is 5.32 Å². The van der Waals surface area contributed by atoms with Crippen molar-refractivity contribution in [2.75, 3.05) is 33.4 Å². The smallest absolute Gasteiger partial charge is 0.256 e. The van der Waals surface area contributed by atoms with Crippen LogP contribution < -0.4 is 5.32 Å². The molecule has 1 aliphatic rings. The van der Waals surface area contributed by atoms with Gasteiger partial charge < -0.3 is 20.1 Å². The molecule has 8 heteroatoms. The van der Waals surface area contributed by atoms with Crippen molar-refractivity contribution < 1.29 is 28.2 Å². The van der Waals surface area contributed by atoms with Crippen LogP contribution in [0.5, 0.6) is 0 Å². The van der Waals surface area contributed by atoms with Gasteiger partial charge in [-0.1, -0.05) is 0 Å². The summed E-state index contributed by atoms with van der Waals surface area (Å²) in [7, 11) is 1.40. The van der Waals surface area contributed by atoms with Gasteiger partial charge in [-0.05, 0) is 18.6 Å². The predicted molar refractivity (Wildman–Crippen MR) is 81.3 cm³/mol. The summed E-state index contributed by atoms with van der Waals surface area (Å²) in [5, 5.41) is 12.3. The zero-order valence-electron chi connectivity index (χ0n) is 13.3. The number of hydrogen-bond donors (Lipinski definition) is 2. The minimum Gasteiger partial charge on any atom is -0.396 e. The molecule has 0 aliphatic carbocycles. The van der Waals surface area contributed by atoms with Crippen LogP contribution in [0.3, 0.4) is 0 Å². The number of halogens is 2. The van der Waals surface area contributed by atoms with Crippen LogP contribution >= 0.6 is 0 Å². The molecule has 1 saturated heterocycles. The second-order valence-electron chi connectivity index (χ2n) is 5.71. The summed E-state index contributed by atoms with van der Waals surface area (Å²) in [5.41, 5.74) is -0.213. The molecule has 6 nitrogen and oxygen atoms in total. The molecule has 132 valence electrons. The Hall–Kier alpha value is -2.06. The highest BCUT2D eigenvalue weighted by Gasteiger charge is 2.33. The first kappa shape index (κ1) is 18.3. The van der Waals surface area contributed by atoms with Crippen molar-refractivity contribution >= 4 is 11.8 Å². The Balaban J connectivity index is 2.04. The Morgan fingerprint density at radius 2 is 2.17 bits per heavy atom. The van der Waals surface area contributed by atoms with Crippen LogP contribution in [0.15, 0.2) is 18.2 Å². The third-order valence-corrected chi connectivity index (χ3v) is 4.04. The van der Waals surface area contributed by atoms with Gasteiger partial charge in [-0.15, -0.1) is 0 Å². The summed E-state index contributed by atoms with van der Waals surface area (Å²) in [6, 6.07) is 2.50. The lowest BCUT2D eigenvalue weighted by Crippen LogP contribution is -2.54. The quantitative estimate of drug-likeness (QED) is 0.819. The van der Waals surface area contributed by atoms with Gasteiger partial charge in [0.2, 0.25) is 5.91 Å². The van der Waals surface area contributed by atoms with E-state index in [0.717, 1.165) is 12.1 Å². The van der Waals surface area contributed by atoms with Gasteiger partial charge in [0.15, 0.2) is 0 Å². The monoisotopic (exact) mass is 342 g/mol. The van der Waals surface area contributed by atoms with Gasteiger partial charge in [0, 0.05) is 44.8 Å². The first-order chi connectivity index (χ1) is 11.5. The zero-order chi connectivity index (χ0) is 17.7. The van der Waals surface area contributed by atoms with E-state index in [0.29, 0.717) is 19.0 Å². The maximum absolute atomic E-state index is 13.8. The largest absolute Gasteiger partial charge is 0.396 e. The van der Waals surface area contributed by atoms with E-state index in [-0.39, 0.29) is 43.2 Å². The average Bonchev–Trinajstić information content (AvgIpc) is 2.55. The van der Waals surface area contributed by atoms with Gasteiger partial charge in [0.25, 0.3) is 5.91 Å². The number of rotatable bonds is 5. The Bertz CT molecular complexity index is 612. The number of ether oxygens (including phenoxy) is 1. The van der Waals surface area contributed by atoms with Crippen molar-refractivity contribution in [3.8, 4) is 0 Å². The molecule has 0 saturated carbocycles. The molecule has 0 spiro atoms. The predicted octanol–water partition coefficient (Wildman–Crippen LogP) is 0.550. The molecule has 1 aliphatic heterocycles. The van der Waals surface area contributed by atoms with E-state index < -0.39 is 17.5 Å². The van der Waals surface area contributed by atoms with E-state index in [1.807, 2.05) is 0 Å². The number of carbonyl (C=O) groups excluding carboxylic acids is 2. The van der Waals surface area contributed by atoms with Crippen LogP contribution in [0, 0.1) is 17.6 Å². The molecular weight excluding hydrogens is 322 g/mol. The standard InChI is InChI=1S/C16H20F2N2O4/c1-24-9-15(22)19-14-4-5-20(7-10(14)8-21)16(23)12-3-2-11(17)6-13(12)18/h2-3,6,10,14,21H,4-5,7-9H2,1H3,(H,19,22)/t10-,14-/m1/s1. The van der Waals surface area contributed by atoms with E-state index in [1.165, 1.54) is 12.0 Å². The number of likely N-dealkylation sites (tertiary alicyclic amines) is 1. The third-order valence-electron chi connectivity index (χ3n) is 4.04. The van der Waals surface area contributed by atoms with Gasteiger partial charge in [-0.2, -0.15) is 0 Å². The number of hydrogen-bond acceptors (Lipinski definition) is 4. The number of methoxy groups -OCH3 is 1. The first-order valence-corrected chi connectivity index (χ1v) is 7.59. The number of carbonyl (C=O) groups is 2. The van der Waals surface area contributed by atoms with Crippen LogP contribution in [0.1, 0.15) is 16.8 Å². The summed E-state index contributed by atoms with van der Waals surface area (Å²) < 4.78 is 31.5. The third kappa shape index (κ3) is 4.27. The van der Waals surface area contributed by atoms with Gasteiger partial charge in [-0.3, -0.25) is 9.59 Å². The first-order valence-electron chi connectivity index (χ1n) is 7.59. The average molecular weight is 342 g/mol. The molecule has 0 unspecified atom stereocenters. The number of aliphatic hydroxyl groups is 1. The number of benzene rings is 1. The van der Waals surface area contributed by atoms with Crippen molar-refractivity contribution in [3.63, 3.8) is 0 Å². The SMILES string of the molecule is COCC(=O)N[C@@H]1CCN(C(=O)c2ccc(F)cc2F)C[C@@H]1CO. The molecule has 1 heterocycles. The number of nitrogens with zero attached hydrogens (tertiary/aromatic N) is 1. The minimum atomic E-state index is -0.920. The highest BCUT2D eigenvalue weighted by atomic mass is 19.1.